The van der Waals surface area contributed by atoms with Gasteiger partial charge in [0.05, 0.1) is 26.3 Å². The molecule has 0 bridgehead atoms. The van der Waals surface area contributed by atoms with Crippen LogP contribution in [-0.4, -0.2) is 102 Å². The van der Waals surface area contributed by atoms with Crippen molar-refractivity contribution in [3.63, 3.8) is 0 Å². The Morgan fingerprint density at radius 3 is 1.19 bits per heavy atom. The predicted octanol–water partition coefficient (Wildman–Crippen LogP) is 5.31. The van der Waals surface area contributed by atoms with Crippen molar-refractivity contribution in [3.05, 3.63) is 24.3 Å². The molecule has 2 aliphatic heterocycles. The minimum Gasteiger partial charge on any atom is -0.381 e. The number of hydrogen-bond acceptors (Lipinski definition) is 11. The van der Waals surface area contributed by atoms with Gasteiger partial charge in [-0.3, -0.25) is 53.0 Å². The second-order valence-corrected chi connectivity index (χ2v) is 13.4. The van der Waals surface area contributed by atoms with Crippen molar-refractivity contribution in [2.45, 2.75) is 115 Å². The standard InChI is InChI=1S/C15H21NO5.C9H11NO3.C9H18O2.C6H12O.CH4/c1-11(2)13(18)7-9-21-8-3-4-12(17)10-16-14(19)5-6-15(16)20;1-6(2)7(11)5-10-8(12)3-4-9(10)13;1-4-6-11-7-5-9(10)8(2)3;1-4-6(7)5(2)3;/h5-6,11H,3-4,7-10H2,1-2H3;3-4,6H,5H2,1-2H3;8H,4-7H2,1-3H3;5H,4H2,1-3H3;1H4. The lowest BCUT2D eigenvalue weighted by Crippen LogP contribution is -2.36. The van der Waals surface area contributed by atoms with Crippen LogP contribution in [0.25, 0.3) is 0 Å². The fourth-order valence-corrected chi connectivity index (χ4v) is 3.82. The molecule has 13 heteroatoms. The van der Waals surface area contributed by atoms with Crippen molar-refractivity contribution in [1.29, 1.82) is 0 Å². The fraction of sp³-hybridized carbons (Fsp3) is 0.675. The van der Waals surface area contributed by atoms with Gasteiger partial charge in [-0.2, -0.15) is 0 Å². The van der Waals surface area contributed by atoms with Gasteiger partial charge >= 0.3 is 0 Å². The second-order valence-electron chi connectivity index (χ2n) is 13.4. The summed E-state index contributed by atoms with van der Waals surface area (Å²) in [6, 6.07) is 0. The van der Waals surface area contributed by atoms with Crippen LogP contribution in [0, 0.1) is 23.7 Å². The molecule has 0 fully saturated rings. The third-order valence-electron chi connectivity index (χ3n) is 7.45. The van der Waals surface area contributed by atoms with Crippen molar-refractivity contribution >= 4 is 52.5 Å². The first-order valence-corrected chi connectivity index (χ1v) is 18.1. The van der Waals surface area contributed by atoms with E-state index in [4.69, 9.17) is 9.47 Å². The van der Waals surface area contributed by atoms with Crippen LogP contribution in [0.15, 0.2) is 24.3 Å². The first kappa shape index (κ1) is 53.4. The molecule has 4 amide bonds. The maximum absolute atomic E-state index is 11.6. The third-order valence-corrected chi connectivity index (χ3v) is 7.45. The molecule has 0 saturated heterocycles. The molecule has 0 aromatic rings. The lowest BCUT2D eigenvalue weighted by molar-refractivity contribution is -0.141. The van der Waals surface area contributed by atoms with E-state index in [2.05, 4.69) is 6.92 Å². The summed E-state index contributed by atoms with van der Waals surface area (Å²) in [7, 11) is 0. The molecule has 13 nitrogen and oxygen atoms in total. The fourth-order valence-electron chi connectivity index (χ4n) is 3.82. The van der Waals surface area contributed by atoms with Crippen molar-refractivity contribution in [1.82, 2.24) is 9.80 Å². The Hall–Kier alpha value is -3.97. The van der Waals surface area contributed by atoms with E-state index < -0.39 is 23.6 Å². The van der Waals surface area contributed by atoms with Crippen LogP contribution in [0.1, 0.15) is 115 Å². The molecule has 0 spiro atoms. The monoisotopic (exact) mass is 750 g/mol. The van der Waals surface area contributed by atoms with Crippen molar-refractivity contribution < 1.29 is 52.6 Å². The maximum atomic E-state index is 11.6. The molecule has 2 rings (SSSR count). The SMILES string of the molecule is C.CC(C)C(=O)CCOCCCC(=O)CN1C(=O)C=CC1=O.CC(C)C(=O)CN1C(=O)C=CC1=O.CCC(=O)C(C)C.CCCOCCC(=O)C(C)C. The van der Waals surface area contributed by atoms with Crippen LogP contribution in [0.4, 0.5) is 0 Å². The average Bonchev–Trinajstić information content (AvgIpc) is 3.58. The summed E-state index contributed by atoms with van der Waals surface area (Å²) in [5, 5.41) is 0. The van der Waals surface area contributed by atoms with Crippen molar-refractivity contribution in [3.8, 4) is 0 Å². The summed E-state index contributed by atoms with van der Waals surface area (Å²) in [5.74, 6) is -0.948. The topological polar surface area (TPSA) is 179 Å². The number of ketones is 5. The van der Waals surface area contributed by atoms with Gasteiger partial charge in [0.25, 0.3) is 23.6 Å². The number of amides is 4. The molecule has 0 aromatic heterocycles. The highest BCUT2D eigenvalue weighted by Crippen LogP contribution is 2.07. The molecule has 0 saturated carbocycles. The largest absolute Gasteiger partial charge is 0.381 e. The van der Waals surface area contributed by atoms with Crippen LogP contribution in [0.3, 0.4) is 0 Å². The molecule has 0 N–H and O–H groups in total. The van der Waals surface area contributed by atoms with Gasteiger partial charge in [0.2, 0.25) is 0 Å². The Labute approximate surface area is 317 Å². The van der Waals surface area contributed by atoms with Crippen LogP contribution < -0.4 is 0 Å². The van der Waals surface area contributed by atoms with Crippen LogP contribution >= 0.6 is 0 Å². The van der Waals surface area contributed by atoms with Crippen molar-refractivity contribution in [2.24, 2.45) is 23.7 Å². The Morgan fingerprint density at radius 2 is 0.868 bits per heavy atom. The minimum atomic E-state index is -0.447. The molecular weight excluding hydrogens is 684 g/mol. The van der Waals surface area contributed by atoms with E-state index >= 15 is 0 Å². The van der Waals surface area contributed by atoms with E-state index in [1.165, 1.54) is 12.2 Å². The molecule has 302 valence electrons. The van der Waals surface area contributed by atoms with E-state index in [1.807, 2.05) is 48.5 Å². The van der Waals surface area contributed by atoms with E-state index in [9.17, 15) is 43.2 Å². The van der Waals surface area contributed by atoms with E-state index in [0.29, 0.717) is 57.1 Å². The first-order chi connectivity index (χ1) is 24.3. The summed E-state index contributed by atoms with van der Waals surface area (Å²) in [6.07, 6.45) is 8.08. The van der Waals surface area contributed by atoms with Crippen molar-refractivity contribution in [2.75, 3.05) is 39.5 Å². The van der Waals surface area contributed by atoms with Crippen LogP contribution in [0.2, 0.25) is 0 Å². The Balaban J connectivity index is -0.000000675. The Kier molecular flexibility index (Phi) is 30.7. The number of nitrogens with zero attached hydrogens (tertiary/aromatic N) is 2. The number of rotatable bonds is 21. The van der Waals surface area contributed by atoms with E-state index in [1.54, 1.807) is 13.8 Å². The molecule has 0 aliphatic carbocycles. The smallest absolute Gasteiger partial charge is 0.254 e. The highest BCUT2D eigenvalue weighted by Gasteiger charge is 2.26. The van der Waals surface area contributed by atoms with Gasteiger partial charge in [-0.15, -0.1) is 0 Å². The summed E-state index contributed by atoms with van der Waals surface area (Å²) in [6.45, 7) is 20.6. The van der Waals surface area contributed by atoms with E-state index in [0.717, 1.165) is 35.0 Å². The molecule has 0 aromatic carbocycles. The molecule has 2 aliphatic rings. The molecule has 0 radical (unpaired) electrons. The normalized spacial score (nSPS) is 13.1. The van der Waals surface area contributed by atoms with Gasteiger partial charge < -0.3 is 9.47 Å². The van der Waals surface area contributed by atoms with E-state index in [-0.39, 0.29) is 68.0 Å². The lowest BCUT2D eigenvalue weighted by atomic mass is 10.1. The van der Waals surface area contributed by atoms with Gasteiger partial charge in [0, 0.05) is 86.9 Å². The number of Topliss-reactive ketones (excluding diaryl/α,β-unsaturated/α-hetero) is 5. The average molecular weight is 751 g/mol. The first-order valence-electron chi connectivity index (χ1n) is 18.1. The number of hydrogen-bond donors (Lipinski definition) is 0. The third kappa shape index (κ3) is 25.6. The summed E-state index contributed by atoms with van der Waals surface area (Å²) >= 11 is 0. The highest BCUT2D eigenvalue weighted by atomic mass is 16.5. The second kappa shape index (κ2) is 30.5. The lowest BCUT2D eigenvalue weighted by Gasteiger charge is -2.13. The molecule has 0 atom stereocenters. The zero-order chi connectivity index (χ0) is 40.4. The Bertz CT molecular complexity index is 1230. The highest BCUT2D eigenvalue weighted by molar-refractivity contribution is 6.15. The van der Waals surface area contributed by atoms with Crippen LogP contribution in [-0.2, 0) is 52.6 Å². The van der Waals surface area contributed by atoms with Gasteiger partial charge in [0.15, 0.2) is 11.6 Å². The molecule has 2 heterocycles. The zero-order valence-corrected chi connectivity index (χ0v) is 33.0. The number of ether oxygens (including phenoxy) is 2. The van der Waals surface area contributed by atoms with Gasteiger partial charge in [-0.1, -0.05) is 76.7 Å². The number of imide groups is 2. The molecule has 53 heavy (non-hydrogen) atoms. The maximum Gasteiger partial charge on any atom is 0.254 e. The van der Waals surface area contributed by atoms with Crippen LogP contribution in [0.5, 0.6) is 0 Å². The molecule has 0 unspecified atom stereocenters. The predicted molar refractivity (Wildman–Crippen MR) is 204 cm³/mol. The quantitative estimate of drug-likeness (QED) is 0.110. The minimum absolute atomic E-state index is 0. The summed E-state index contributed by atoms with van der Waals surface area (Å²) in [4.78, 5) is 102. The number of carbonyl (C=O) groups excluding carboxylic acids is 9. The zero-order valence-electron chi connectivity index (χ0n) is 33.0. The molecular formula is C40H66N2O11. The van der Waals surface area contributed by atoms with Gasteiger partial charge in [0.1, 0.15) is 17.3 Å². The summed E-state index contributed by atoms with van der Waals surface area (Å²) in [5.41, 5.74) is 0. The number of carbonyl (C=O) groups is 9. The van der Waals surface area contributed by atoms with Gasteiger partial charge in [-0.25, -0.2) is 0 Å². The van der Waals surface area contributed by atoms with Gasteiger partial charge in [-0.05, 0) is 12.8 Å². The Morgan fingerprint density at radius 1 is 0.509 bits per heavy atom. The summed E-state index contributed by atoms with van der Waals surface area (Å²) < 4.78 is 10.5.